The number of nitrogens with one attached hydrogen (secondary N) is 3. The number of benzene rings is 2. The first-order chi connectivity index (χ1) is 15.1. The maximum Gasteiger partial charge on any atom is 0.255 e. The minimum absolute atomic E-state index is 0.153. The monoisotopic (exact) mass is 420 g/mol. The molecule has 3 heterocycles. The van der Waals surface area contributed by atoms with Crippen LogP contribution < -0.4 is 20.7 Å². The number of anilines is 1. The summed E-state index contributed by atoms with van der Waals surface area (Å²) in [5.74, 6) is 0.0145. The zero-order valence-corrected chi connectivity index (χ0v) is 17.0. The average molecular weight is 420 g/mol. The van der Waals surface area contributed by atoms with E-state index in [1.807, 2.05) is 42.5 Å². The van der Waals surface area contributed by atoms with Crippen molar-refractivity contribution >= 4 is 23.4 Å². The smallest absolute Gasteiger partial charge is 0.255 e. The lowest BCUT2D eigenvalue weighted by Gasteiger charge is -2.29. The molecule has 31 heavy (non-hydrogen) atoms. The molecule has 5 rings (SSSR count). The number of hydrogen-bond donors (Lipinski definition) is 3. The molecule has 2 aromatic carbocycles. The van der Waals surface area contributed by atoms with Gasteiger partial charge in [0.2, 0.25) is 11.8 Å². The van der Waals surface area contributed by atoms with Crippen molar-refractivity contribution in [2.45, 2.75) is 38.1 Å². The highest BCUT2D eigenvalue weighted by Gasteiger charge is 2.39. The predicted molar refractivity (Wildman–Crippen MR) is 114 cm³/mol. The van der Waals surface area contributed by atoms with Crippen LogP contribution in [-0.2, 0) is 22.7 Å². The standard InChI is InChI=1S/C23H24N4O4/c28-20-9-8-19(22(29)26-20)27-13-15-3-1-2-14(21(15)23(27)30)10-25-16-4-6-17(7-5-16)31-18-11-24-12-18/h1-7,18-19,24-25H,8-13H2,(H,26,28,29). The van der Waals surface area contributed by atoms with Crippen molar-refractivity contribution in [1.29, 1.82) is 0 Å². The molecule has 3 amide bonds. The summed E-state index contributed by atoms with van der Waals surface area (Å²) < 4.78 is 5.83. The maximum atomic E-state index is 13.1. The molecular formula is C23H24N4O4. The van der Waals surface area contributed by atoms with Gasteiger partial charge in [-0.2, -0.15) is 0 Å². The molecule has 0 bridgehead atoms. The summed E-state index contributed by atoms with van der Waals surface area (Å²) in [4.78, 5) is 38.4. The van der Waals surface area contributed by atoms with E-state index in [1.165, 1.54) is 0 Å². The Labute approximate surface area is 179 Å². The van der Waals surface area contributed by atoms with Crippen LogP contribution in [0.3, 0.4) is 0 Å². The topological polar surface area (TPSA) is 99.8 Å². The van der Waals surface area contributed by atoms with Crippen LogP contribution in [-0.4, -0.2) is 47.9 Å². The molecule has 3 aliphatic heterocycles. The summed E-state index contributed by atoms with van der Waals surface area (Å²) >= 11 is 0. The van der Waals surface area contributed by atoms with E-state index in [1.54, 1.807) is 4.90 Å². The van der Waals surface area contributed by atoms with Crippen LogP contribution in [0.2, 0.25) is 0 Å². The Kier molecular flexibility index (Phi) is 5.07. The number of nitrogens with zero attached hydrogens (tertiary/aromatic N) is 1. The molecule has 0 spiro atoms. The molecule has 8 heteroatoms. The van der Waals surface area contributed by atoms with Gasteiger partial charge in [-0.3, -0.25) is 19.7 Å². The molecule has 1 unspecified atom stereocenters. The highest BCUT2D eigenvalue weighted by molar-refractivity contribution is 6.06. The van der Waals surface area contributed by atoms with Crippen molar-refractivity contribution < 1.29 is 19.1 Å². The van der Waals surface area contributed by atoms with Crippen molar-refractivity contribution in [3.05, 3.63) is 59.2 Å². The Morgan fingerprint density at radius 1 is 1.06 bits per heavy atom. The van der Waals surface area contributed by atoms with Crippen LogP contribution in [0.4, 0.5) is 5.69 Å². The number of hydrogen-bond acceptors (Lipinski definition) is 6. The molecule has 0 radical (unpaired) electrons. The van der Waals surface area contributed by atoms with Crippen molar-refractivity contribution in [1.82, 2.24) is 15.5 Å². The minimum Gasteiger partial charge on any atom is -0.488 e. The second kappa shape index (κ2) is 8.03. The first-order valence-electron chi connectivity index (χ1n) is 10.6. The fourth-order valence-electron chi connectivity index (χ4n) is 4.22. The van der Waals surface area contributed by atoms with Crippen LogP contribution in [0, 0.1) is 0 Å². The van der Waals surface area contributed by atoms with Crippen molar-refractivity contribution in [2.75, 3.05) is 18.4 Å². The lowest BCUT2D eigenvalue weighted by Crippen LogP contribution is -2.52. The van der Waals surface area contributed by atoms with E-state index in [0.29, 0.717) is 25.1 Å². The van der Waals surface area contributed by atoms with Gasteiger partial charge in [-0.15, -0.1) is 0 Å². The summed E-state index contributed by atoms with van der Waals surface area (Å²) in [7, 11) is 0. The van der Waals surface area contributed by atoms with E-state index in [9.17, 15) is 14.4 Å². The largest absolute Gasteiger partial charge is 0.488 e. The molecule has 0 aliphatic carbocycles. The third-order valence-electron chi connectivity index (χ3n) is 6.02. The van der Waals surface area contributed by atoms with E-state index in [4.69, 9.17) is 4.74 Å². The molecule has 2 aromatic rings. The van der Waals surface area contributed by atoms with Gasteiger partial charge in [0, 0.05) is 43.9 Å². The Morgan fingerprint density at radius 3 is 2.58 bits per heavy atom. The first kappa shape index (κ1) is 19.6. The summed E-state index contributed by atoms with van der Waals surface area (Å²) in [5, 5.41) is 8.88. The third kappa shape index (κ3) is 3.86. The Hall–Kier alpha value is -3.39. The van der Waals surface area contributed by atoms with Gasteiger partial charge in [0.25, 0.3) is 5.91 Å². The quantitative estimate of drug-likeness (QED) is 0.611. The molecule has 160 valence electrons. The van der Waals surface area contributed by atoms with Gasteiger partial charge in [0.05, 0.1) is 0 Å². The van der Waals surface area contributed by atoms with Crippen LogP contribution in [0.25, 0.3) is 0 Å². The fourth-order valence-corrected chi connectivity index (χ4v) is 4.22. The molecule has 2 fully saturated rings. The lowest BCUT2D eigenvalue weighted by atomic mass is 10.0. The number of fused-ring (bicyclic) bond motifs is 1. The van der Waals surface area contributed by atoms with Crippen LogP contribution in [0.15, 0.2) is 42.5 Å². The van der Waals surface area contributed by atoms with Gasteiger partial charge < -0.3 is 20.3 Å². The molecule has 3 N–H and O–H groups in total. The van der Waals surface area contributed by atoms with Crippen LogP contribution in [0.5, 0.6) is 5.75 Å². The normalized spacial score (nSPS) is 20.8. The number of imide groups is 1. The highest BCUT2D eigenvalue weighted by atomic mass is 16.5. The average Bonchev–Trinajstić information content (AvgIpc) is 3.07. The van der Waals surface area contributed by atoms with E-state index >= 15 is 0 Å². The lowest BCUT2D eigenvalue weighted by molar-refractivity contribution is -0.136. The highest BCUT2D eigenvalue weighted by Crippen LogP contribution is 2.30. The molecule has 8 nitrogen and oxygen atoms in total. The van der Waals surface area contributed by atoms with E-state index in [0.717, 1.165) is 35.7 Å². The van der Waals surface area contributed by atoms with E-state index in [-0.39, 0.29) is 24.3 Å². The van der Waals surface area contributed by atoms with Crippen molar-refractivity contribution in [3.63, 3.8) is 0 Å². The number of piperidine rings is 1. The Bertz CT molecular complexity index is 1030. The summed E-state index contributed by atoms with van der Waals surface area (Å²) in [6.07, 6.45) is 0.856. The number of rotatable bonds is 6. The molecule has 1 atom stereocenters. The summed E-state index contributed by atoms with van der Waals surface area (Å²) in [5.41, 5.74) is 3.38. The Morgan fingerprint density at radius 2 is 1.87 bits per heavy atom. The molecule has 3 aliphatic rings. The second-order valence-corrected chi connectivity index (χ2v) is 8.13. The van der Waals surface area contributed by atoms with Crippen LogP contribution in [0.1, 0.15) is 34.3 Å². The molecule has 0 saturated carbocycles. The molecule has 2 saturated heterocycles. The Balaban J connectivity index is 1.26. The van der Waals surface area contributed by atoms with Gasteiger partial charge in [-0.25, -0.2) is 0 Å². The van der Waals surface area contributed by atoms with Crippen molar-refractivity contribution in [3.8, 4) is 5.75 Å². The maximum absolute atomic E-state index is 13.1. The van der Waals surface area contributed by atoms with Gasteiger partial charge in [-0.05, 0) is 41.8 Å². The number of amides is 3. The molecular weight excluding hydrogens is 396 g/mol. The zero-order valence-electron chi connectivity index (χ0n) is 17.0. The first-order valence-corrected chi connectivity index (χ1v) is 10.6. The van der Waals surface area contributed by atoms with Gasteiger partial charge >= 0.3 is 0 Å². The fraction of sp³-hybridized carbons (Fsp3) is 0.348. The number of carbonyl (C=O) groups is 3. The van der Waals surface area contributed by atoms with E-state index < -0.39 is 11.9 Å². The third-order valence-corrected chi connectivity index (χ3v) is 6.02. The van der Waals surface area contributed by atoms with E-state index in [2.05, 4.69) is 16.0 Å². The number of ether oxygens (including phenoxy) is 1. The van der Waals surface area contributed by atoms with Crippen molar-refractivity contribution in [2.24, 2.45) is 0 Å². The molecule has 0 aromatic heterocycles. The second-order valence-electron chi connectivity index (χ2n) is 8.13. The van der Waals surface area contributed by atoms with Gasteiger partial charge in [-0.1, -0.05) is 18.2 Å². The SMILES string of the molecule is O=C1CCC(N2Cc3cccc(CNc4ccc(OC5CNC5)cc4)c3C2=O)C(=O)N1. The summed E-state index contributed by atoms with van der Waals surface area (Å²) in [6, 6.07) is 13.0. The predicted octanol–water partition coefficient (Wildman–Crippen LogP) is 1.41. The van der Waals surface area contributed by atoms with Crippen LogP contribution >= 0.6 is 0 Å². The zero-order chi connectivity index (χ0) is 21.4. The summed E-state index contributed by atoms with van der Waals surface area (Å²) in [6.45, 7) is 2.63. The van der Waals surface area contributed by atoms with Gasteiger partial charge in [0.1, 0.15) is 17.9 Å². The minimum atomic E-state index is -0.600. The van der Waals surface area contributed by atoms with Gasteiger partial charge in [0.15, 0.2) is 0 Å². The number of carbonyl (C=O) groups excluding carboxylic acids is 3.